The highest BCUT2D eigenvalue weighted by Crippen LogP contribution is 2.24. The van der Waals surface area contributed by atoms with Gasteiger partial charge in [0.05, 0.1) is 12.2 Å². The lowest BCUT2D eigenvalue weighted by Gasteiger charge is -2.39. The van der Waals surface area contributed by atoms with Gasteiger partial charge in [-0.25, -0.2) is 0 Å². The van der Waals surface area contributed by atoms with Crippen molar-refractivity contribution in [2.45, 2.75) is 64.1 Å². The first-order valence-electron chi connectivity index (χ1n) is 14.8. The van der Waals surface area contributed by atoms with Crippen molar-refractivity contribution in [2.24, 2.45) is 0 Å². The number of likely N-dealkylation sites (tertiary alicyclic amines) is 1. The second-order valence-electron chi connectivity index (χ2n) is 11.6. The number of nitrogens with zero attached hydrogens (tertiary/aromatic N) is 6. The number of hydrogen-bond acceptors (Lipinski definition) is 9. The van der Waals surface area contributed by atoms with Crippen LogP contribution in [0.4, 0.5) is 11.9 Å². The van der Waals surface area contributed by atoms with E-state index in [0.717, 1.165) is 61.4 Å². The lowest BCUT2D eigenvalue weighted by atomic mass is 9.93. The SMILES string of the molecule is CC(C)c1cnn2c(NCc3cccc(CC(=O)C4CCN4C/C=C/C(=O)N(C)C)c3)nc(NC3CCOCC3)nc12. The average molecular weight is 575 g/mol. The van der Waals surface area contributed by atoms with Gasteiger partial charge in [-0.05, 0) is 36.3 Å². The first-order valence-corrected chi connectivity index (χ1v) is 14.8. The van der Waals surface area contributed by atoms with E-state index in [2.05, 4.69) is 40.5 Å². The average Bonchev–Trinajstić information content (AvgIpc) is 3.38. The predicted octanol–water partition coefficient (Wildman–Crippen LogP) is 3.28. The Morgan fingerprint density at radius 1 is 1.14 bits per heavy atom. The van der Waals surface area contributed by atoms with Crippen LogP contribution in [-0.4, -0.2) is 93.6 Å². The Morgan fingerprint density at radius 3 is 2.64 bits per heavy atom. The number of amides is 1. The third-order valence-corrected chi connectivity index (χ3v) is 7.94. The Kier molecular flexibility index (Phi) is 9.48. The van der Waals surface area contributed by atoms with Crippen LogP contribution in [0, 0.1) is 0 Å². The lowest BCUT2D eigenvalue weighted by molar-refractivity contribution is -0.127. The van der Waals surface area contributed by atoms with Crippen molar-refractivity contribution in [1.29, 1.82) is 0 Å². The highest BCUT2D eigenvalue weighted by Gasteiger charge is 2.32. The Labute approximate surface area is 247 Å². The fraction of sp³-hybridized carbons (Fsp3) is 0.516. The maximum atomic E-state index is 13.1. The van der Waals surface area contributed by atoms with Crippen LogP contribution in [0.25, 0.3) is 5.65 Å². The van der Waals surface area contributed by atoms with E-state index >= 15 is 0 Å². The molecule has 224 valence electrons. The van der Waals surface area contributed by atoms with Gasteiger partial charge in [-0.15, -0.1) is 0 Å². The molecule has 0 radical (unpaired) electrons. The molecule has 2 aliphatic heterocycles. The molecule has 5 rings (SSSR count). The highest BCUT2D eigenvalue weighted by molar-refractivity contribution is 5.88. The van der Waals surface area contributed by atoms with E-state index in [9.17, 15) is 9.59 Å². The molecular formula is C31H42N8O3. The van der Waals surface area contributed by atoms with E-state index in [0.29, 0.717) is 31.4 Å². The van der Waals surface area contributed by atoms with Gasteiger partial charge < -0.3 is 20.3 Å². The molecule has 42 heavy (non-hydrogen) atoms. The zero-order chi connectivity index (χ0) is 29.6. The molecule has 11 heteroatoms. The summed E-state index contributed by atoms with van der Waals surface area (Å²) in [7, 11) is 3.45. The molecule has 1 atom stereocenters. The smallest absolute Gasteiger partial charge is 0.245 e. The number of rotatable bonds is 12. The van der Waals surface area contributed by atoms with Gasteiger partial charge in [0, 0.05) is 71.0 Å². The summed E-state index contributed by atoms with van der Waals surface area (Å²) in [5.74, 6) is 1.64. The van der Waals surface area contributed by atoms with E-state index in [1.165, 1.54) is 4.90 Å². The second kappa shape index (κ2) is 13.4. The lowest BCUT2D eigenvalue weighted by Crippen LogP contribution is -2.52. The standard InChI is InChI=1S/C31H42N8O3/c1-21(2)25-20-33-39-29(25)35-30(34-24-11-15-42-16-12-24)36-31(39)32-19-23-8-5-7-22(17-23)18-27(40)26-10-14-38(26)13-6-9-28(41)37(3)4/h5-9,17,20-21,24,26H,10-16,18-19H2,1-4H3,(H2,32,34,35,36)/b9-6+. The normalized spacial score (nSPS) is 18.0. The molecule has 0 spiro atoms. The largest absolute Gasteiger partial charge is 0.381 e. The Balaban J connectivity index is 1.24. The van der Waals surface area contributed by atoms with Crippen molar-refractivity contribution in [3.8, 4) is 0 Å². The van der Waals surface area contributed by atoms with E-state index in [1.54, 1.807) is 24.7 Å². The monoisotopic (exact) mass is 574 g/mol. The zero-order valence-electron chi connectivity index (χ0n) is 25.0. The van der Waals surface area contributed by atoms with Crippen molar-refractivity contribution in [3.63, 3.8) is 0 Å². The van der Waals surface area contributed by atoms with Crippen LogP contribution >= 0.6 is 0 Å². The summed E-state index contributed by atoms with van der Waals surface area (Å²) in [4.78, 5) is 38.1. The minimum absolute atomic E-state index is 0.0498. The van der Waals surface area contributed by atoms with Gasteiger partial charge in [0.15, 0.2) is 11.4 Å². The van der Waals surface area contributed by atoms with Crippen LogP contribution in [0.15, 0.2) is 42.6 Å². The molecule has 1 unspecified atom stereocenters. The van der Waals surface area contributed by atoms with Crippen LogP contribution in [0.2, 0.25) is 0 Å². The summed E-state index contributed by atoms with van der Waals surface area (Å²) < 4.78 is 7.27. The van der Waals surface area contributed by atoms with E-state index in [1.807, 2.05) is 30.5 Å². The molecule has 4 heterocycles. The molecule has 11 nitrogen and oxygen atoms in total. The van der Waals surface area contributed by atoms with Gasteiger partial charge in [-0.1, -0.05) is 44.2 Å². The number of Topliss-reactive ketones (excluding diaryl/α,β-unsaturated/α-hetero) is 1. The molecule has 0 aliphatic carbocycles. The van der Waals surface area contributed by atoms with Gasteiger partial charge in [-0.2, -0.15) is 19.6 Å². The minimum Gasteiger partial charge on any atom is -0.381 e. The third kappa shape index (κ3) is 7.14. The van der Waals surface area contributed by atoms with Crippen LogP contribution in [0.5, 0.6) is 0 Å². The van der Waals surface area contributed by atoms with E-state index < -0.39 is 0 Å². The first-order chi connectivity index (χ1) is 20.3. The number of ether oxygens (including phenoxy) is 1. The molecule has 2 aliphatic rings. The third-order valence-electron chi connectivity index (χ3n) is 7.94. The summed E-state index contributed by atoms with van der Waals surface area (Å²) in [6, 6.07) is 8.29. The van der Waals surface area contributed by atoms with Crippen LogP contribution < -0.4 is 10.6 Å². The highest BCUT2D eigenvalue weighted by atomic mass is 16.5. The maximum Gasteiger partial charge on any atom is 0.245 e. The molecule has 2 saturated heterocycles. The van der Waals surface area contributed by atoms with E-state index in [4.69, 9.17) is 14.7 Å². The van der Waals surface area contributed by atoms with Gasteiger partial charge in [-0.3, -0.25) is 14.5 Å². The van der Waals surface area contributed by atoms with Gasteiger partial charge in [0.2, 0.25) is 17.8 Å². The number of benzene rings is 1. The molecule has 0 bridgehead atoms. The zero-order valence-corrected chi connectivity index (χ0v) is 25.0. The van der Waals surface area contributed by atoms with Gasteiger partial charge in [0.25, 0.3) is 0 Å². The number of carbonyl (C=O) groups excluding carboxylic acids is 2. The molecule has 2 N–H and O–H groups in total. The summed E-state index contributed by atoms with van der Waals surface area (Å²) in [5, 5.41) is 11.5. The Bertz CT molecular complexity index is 1430. The fourth-order valence-electron chi connectivity index (χ4n) is 5.32. The summed E-state index contributed by atoms with van der Waals surface area (Å²) in [6.07, 6.45) is 8.35. The van der Waals surface area contributed by atoms with Crippen molar-refractivity contribution in [3.05, 3.63) is 59.3 Å². The predicted molar refractivity (Wildman–Crippen MR) is 163 cm³/mol. The number of hydrogen-bond donors (Lipinski definition) is 2. The number of carbonyl (C=O) groups is 2. The Hall–Kier alpha value is -3.83. The number of fused-ring (bicyclic) bond motifs is 1. The van der Waals surface area contributed by atoms with Crippen LogP contribution in [-0.2, 0) is 27.3 Å². The molecule has 3 aromatic rings. The molecule has 2 aromatic heterocycles. The van der Waals surface area contributed by atoms with Crippen molar-refractivity contribution < 1.29 is 14.3 Å². The molecule has 1 aromatic carbocycles. The van der Waals surface area contributed by atoms with Crippen molar-refractivity contribution in [2.75, 3.05) is 51.0 Å². The number of aromatic nitrogens is 4. The topological polar surface area (TPSA) is 117 Å². The number of nitrogens with one attached hydrogen (secondary N) is 2. The van der Waals surface area contributed by atoms with Crippen molar-refractivity contribution in [1.82, 2.24) is 29.4 Å². The van der Waals surface area contributed by atoms with Crippen molar-refractivity contribution >= 4 is 29.2 Å². The minimum atomic E-state index is -0.100. The second-order valence-corrected chi connectivity index (χ2v) is 11.6. The molecule has 1 amide bonds. The van der Waals surface area contributed by atoms with Gasteiger partial charge >= 0.3 is 0 Å². The molecule has 0 saturated carbocycles. The van der Waals surface area contributed by atoms with Crippen LogP contribution in [0.1, 0.15) is 55.7 Å². The molecule has 2 fully saturated rings. The summed E-state index contributed by atoms with van der Waals surface area (Å²) in [6.45, 7) is 7.74. The maximum absolute atomic E-state index is 13.1. The summed E-state index contributed by atoms with van der Waals surface area (Å²) >= 11 is 0. The van der Waals surface area contributed by atoms with Crippen LogP contribution in [0.3, 0.4) is 0 Å². The number of ketones is 1. The Morgan fingerprint density at radius 2 is 1.93 bits per heavy atom. The quantitative estimate of drug-likeness (QED) is 0.314. The van der Waals surface area contributed by atoms with Gasteiger partial charge in [0.1, 0.15) is 0 Å². The first kappa shape index (κ1) is 29.7. The summed E-state index contributed by atoms with van der Waals surface area (Å²) in [5.41, 5.74) is 3.90. The molecular weight excluding hydrogens is 532 g/mol. The fourth-order valence-corrected chi connectivity index (χ4v) is 5.32. The van der Waals surface area contributed by atoms with E-state index in [-0.39, 0.29) is 29.7 Å². The number of anilines is 2. The number of likely N-dealkylation sites (N-methyl/N-ethyl adjacent to an activating group) is 1.